The van der Waals surface area contributed by atoms with Crippen molar-refractivity contribution in [2.24, 2.45) is 0 Å². The molecule has 0 bridgehead atoms. The van der Waals surface area contributed by atoms with E-state index in [-0.39, 0.29) is 5.91 Å². The summed E-state index contributed by atoms with van der Waals surface area (Å²) >= 11 is 6.29. The molecule has 1 heterocycles. The minimum absolute atomic E-state index is 0.136. The number of likely N-dealkylation sites (N-methyl/N-ethyl adjacent to an activating group) is 1. The third kappa shape index (κ3) is 2.60. The van der Waals surface area contributed by atoms with Crippen LogP contribution in [0.1, 0.15) is 5.56 Å². The molecule has 0 spiro atoms. The molecule has 1 saturated heterocycles. The molecule has 1 aliphatic rings. The number of hydrogen-bond acceptors (Lipinski definition) is 3. The number of carbonyl (C=O) groups excluding carboxylic acids is 1. The molecule has 1 amide bonds. The predicted molar refractivity (Wildman–Crippen MR) is 74.1 cm³/mol. The summed E-state index contributed by atoms with van der Waals surface area (Å²) in [6.07, 6.45) is 0. The van der Waals surface area contributed by atoms with E-state index in [1.54, 1.807) is 4.90 Å². The SMILES string of the molecule is CNCc1cccc(Cl)c1N1CCN(C)C(=O)C1. The molecule has 1 N–H and O–H groups in total. The minimum atomic E-state index is 0.136. The van der Waals surface area contributed by atoms with Gasteiger partial charge in [-0.25, -0.2) is 0 Å². The predicted octanol–water partition coefficient (Wildman–Crippen LogP) is 1.34. The van der Waals surface area contributed by atoms with Crippen LogP contribution in [0.5, 0.6) is 0 Å². The first-order valence-electron chi connectivity index (χ1n) is 6.04. The molecule has 1 aromatic rings. The van der Waals surface area contributed by atoms with E-state index >= 15 is 0 Å². The summed E-state index contributed by atoms with van der Waals surface area (Å²) in [6.45, 7) is 2.71. The Hall–Kier alpha value is -1.26. The Morgan fingerprint density at radius 1 is 1.39 bits per heavy atom. The standard InChI is InChI=1S/C13H18ClN3O/c1-15-8-10-4-3-5-11(14)13(10)17-7-6-16(2)12(18)9-17/h3-5,15H,6-9H2,1-2H3. The van der Waals surface area contributed by atoms with Gasteiger partial charge in [-0.15, -0.1) is 0 Å². The molecular formula is C13H18ClN3O. The quantitative estimate of drug-likeness (QED) is 0.898. The Bertz CT molecular complexity index is 450. The summed E-state index contributed by atoms with van der Waals surface area (Å²) in [5.41, 5.74) is 2.11. The third-order valence-corrected chi connectivity index (χ3v) is 3.52. The molecule has 1 aromatic carbocycles. The van der Waals surface area contributed by atoms with Gasteiger partial charge in [0.25, 0.3) is 0 Å². The number of rotatable bonds is 3. The van der Waals surface area contributed by atoms with Crippen molar-refractivity contribution in [3.8, 4) is 0 Å². The molecule has 5 heteroatoms. The summed E-state index contributed by atoms with van der Waals surface area (Å²) < 4.78 is 0. The highest BCUT2D eigenvalue weighted by Gasteiger charge is 2.24. The van der Waals surface area contributed by atoms with Crippen LogP contribution in [0.2, 0.25) is 5.02 Å². The number of nitrogens with one attached hydrogen (secondary N) is 1. The molecule has 0 radical (unpaired) electrons. The van der Waals surface area contributed by atoms with E-state index in [1.165, 1.54) is 0 Å². The smallest absolute Gasteiger partial charge is 0.241 e. The second-order valence-corrected chi connectivity index (χ2v) is 4.92. The average molecular weight is 268 g/mol. The third-order valence-electron chi connectivity index (χ3n) is 3.21. The van der Waals surface area contributed by atoms with Crippen LogP contribution in [0, 0.1) is 0 Å². The van der Waals surface area contributed by atoms with Gasteiger partial charge in [0.2, 0.25) is 5.91 Å². The summed E-state index contributed by atoms with van der Waals surface area (Å²) in [6, 6.07) is 5.86. The van der Waals surface area contributed by atoms with Crippen molar-refractivity contribution in [3.05, 3.63) is 28.8 Å². The monoisotopic (exact) mass is 267 g/mol. The van der Waals surface area contributed by atoms with Crippen LogP contribution in [0.15, 0.2) is 18.2 Å². The maximum atomic E-state index is 11.8. The van der Waals surface area contributed by atoms with Crippen LogP contribution in [-0.2, 0) is 11.3 Å². The molecule has 98 valence electrons. The van der Waals surface area contributed by atoms with Crippen LogP contribution in [-0.4, -0.2) is 44.5 Å². The van der Waals surface area contributed by atoms with E-state index in [2.05, 4.69) is 10.2 Å². The van der Waals surface area contributed by atoms with E-state index in [0.717, 1.165) is 30.9 Å². The minimum Gasteiger partial charge on any atom is -0.359 e. The highest BCUT2D eigenvalue weighted by molar-refractivity contribution is 6.33. The van der Waals surface area contributed by atoms with E-state index < -0.39 is 0 Å². The molecule has 0 aliphatic carbocycles. The molecule has 4 nitrogen and oxygen atoms in total. The van der Waals surface area contributed by atoms with Crippen molar-refractivity contribution < 1.29 is 4.79 Å². The zero-order valence-electron chi connectivity index (χ0n) is 10.7. The van der Waals surface area contributed by atoms with Crippen LogP contribution in [0.25, 0.3) is 0 Å². The summed E-state index contributed by atoms with van der Waals surface area (Å²) in [5, 5.41) is 3.84. The Labute approximate surface area is 113 Å². The lowest BCUT2D eigenvalue weighted by Crippen LogP contribution is -2.49. The van der Waals surface area contributed by atoms with E-state index in [9.17, 15) is 4.79 Å². The summed E-state index contributed by atoms with van der Waals surface area (Å²) in [7, 11) is 3.74. The fourth-order valence-electron chi connectivity index (χ4n) is 2.20. The Morgan fingerprint density at radius 3 is 2.83 bits per heavy atom. The molecule has 0 saturated carbocycles. The Balaban J connectivity index is 2.29. The van der Waals surface area contributed by atoms with Crippen LogP contribution < -0.4 is 10.2 Å². The van der Waals surface area contributed by atoms with Gasteiger partial charge < -0.3 is 15.1 Å². The van der Waals surface area contributed by atoms with Gasteiger partial charge in [0.1, 0.15) is 0 Å². The van der Waals surface area contributed by atoms with Crippen molar-refractivity contribution in [1.82, 2.24) is 10.2 Å². The number of amides is 1. The van der Waals surface area contributed by atoms with Gasteiger partial charge in [0.05, 0.1) is 17.3 Å². The zero-order chi connectivity index (χ0) is 13.1. The lowest BCUT2D eigenvalue weighted by Gasteiger charge is -2.35. The first-order chi connectivity index (χ1) is 8.63. The lowest BCUT2D eigenvalue weighted by atomic mass is 10.1. The molecule has 0 aromatic heterocycles. The van der Waals surface area contributed by atoms with Gasteiger partial charge in [-0.3, -0.25) is 4.79 Å². The maximum absolute atomic E-state index is 11.8. The van der Waals surface area contributed by atoms with Crippen LogP contribution in [0.4, 0.5) is 5.69 Å². The highest BCUT2D eigenvalue weighted by atomic mass is 35.5. The van der Waals surface area contributed by atoms with Gasteiger partial charge in [-0.1, -0.05) is 23.7 Å². The molecule has 2 rings (SSSR count). The van der Waals surface area contributed by atoms with Crippen molar-refractivity contribution in [1.29, 1.82) is 0 Å². The van der Waals surface area contributed by atoms with Crippen molar-refractivity contribution in [2.45, 2.75) is 6.54 Å². The summed E-state index contributed by atoms with van der Waals surface area (Å²) in [4.78, 5) is 15.6. The Morgan fingerprint density at radius 2 is 2.17 bits per heavy atom. The number of nitrogens with zero attached hydrogens (tertiary/aromatic N) is 2. The van der Waals surface area contributed by atoms with Gasteiger partial charge >= 0.3 is 0 Å². The van der Waals surface area contributed by atoms with Crippen LogP contribution >= 0.6 is 11.6 Å². The molecule has 1 aliphatic heterocycles. The average Bonchev–Trinajstić information content (AvgIpc) is 2.34. The van der Waals surface area contributed by atoms with Gasteiger partial charge in [0.15, 0.2) is 0 Å². The first-order valence-corrected chi connectivity index (χ1v) is 6.42. The number of halogens is 1. The van der Waals surface area contributed by atoms with Crippen molar-refractivity contribution in [2.75, 3.05) is 38.6 Å². The van der Waals surface area contributed by atoms with E-state index in [1.807, 2.05) is 32.3 Å². The van der Waals surface area contributed by atoms with E-state index in [0.29, 0.717) is 11.6 Å². The Kier molecular flexibility index (Phi) is 4.09. The fraction of sp³-hybridized carbons (Fsp3) is 0.462. The number of hydrogen-bond donors (Lipinski definition) is 1. The number of para-hydroxylation sites is 1. The normalized spacial score (nSPS) is 16.3. The number of anilines is 1. The molecule has 0 atom stereocenters. The molecule has 1 fully saturated rings. The lowest BCUT2D eigenvalue weighted by molar-refractivity contribution is -0.129. The summed E-state index contributed by atoms with van der Waals surface area (Å²) in [5.74, 6) is 0.136. The van der Waals surface area contributed by atoms with Crippen LogP contribution in [0.3, 0.4) is 0 Å². The highest BCUT2D eigenvalue weighted by Crippen LogP contribution is 2.30. The molecule has 0 unspecified atom stereocenters. The van der Waals surface area contributed by atoms with Crippen molar-refractivity contribution >= 4 is 23.2 Å². The number of carbonyl (C=O) groups is 1. The zero-order valence-corrected chi connectivity index (χ0v) is 11.5. The van der Waals surface area contributed by atoms with Gasteiger partial charge in [-0.2, -0.15) is 0 Å². The number of piperazine rings is 1. The largest absolute Gasteiger partial charge is 0.359 e. The topological polar surface area (TPSA) is 35.6 Å². The van der Waals surface area contributed by atoms with Gasteiger partial charge in [-0.05, 0) is 18.7 Å². The fourth-order valence-corrected chi connectivity index (χ4v) is 2.51. The van der Waals surface area contributed by atoms with Gasteiger partial charge in [0, 0.05) is 26.7 Å². The van der Waals surface area contributed by atoms with Crippen molar-refractivity contribution in [3.63, 3.8) is 0 Å². The first kappa shape index (κ1) is 13.2. The molecule has 18 heavy (non-hydrogen) atoms. The maximum Gasteiger partial charge on any atom is 0.241 e. The second kappa shape index (κ2) is 5.59. The second-order valence-electron chi connectivity index (χ2n) is 4.51. The molecular weight excluding hydrogens is 250 g/mol. The number of benzene rings is 1. The van der Waals surface area contributed by atoms with E-state index in [4.69, 9.17) is 11.6 Å².